The molecule has 1 heterocycles. The summed E-state index contributed by atoms with van der Waals surface area (Å²) in [5.74, 6) is -1.17. The van der Waals surface area contributed by atoms with Crippen LogP contribution in [0.5, 0.6) is 0 Å². The molecule has 0 radical (unpaired) electrons. The fourth-order valence-electron chi connectivity index (χ4n) is 4.93. The number of hydrogen-bond acceptors (Lipinski definition) is 2. The molecule has 3 rings (SSSR count). The molecule has 1 fully saturated rings. The van der Waals surface area contributed by atoms with E-state index in [0.29, 0.717) is 37.8 Å². The second kappa shape index (κ2) is 11.5. The standard InChI is InChI=1S/C26H29F6NO2/c27-25(28,29)14-12-22(11-6-18-4-2-1-3-5-18)33-15-13-19(17-24(34)35)16-23(33)20-7-9-21(10-8-20)26(30,31)32/h1-5,7-10,19,22-23H,6,11-17H2,(H,34,35)/t19?,22-,23?/m1/s1. The number of benzene rings is 2. The largest absolute Gasteiger partial charge is 0.481 e. The summed E-state index contributed by atoms with van der Waals surface area (Å²) in [6.07, 6.45) is -8.08. The summed E-state index contributed by atoms with van der Waals surface area (Å²) in [5, 5.41) is 9.24. The van der Waals surface area contributed by atoms with Gasteiger partial charge in [0.25, 0.3) is 0 Å². The number of nitrogens with zero attached hydrogens (tertiary/aromatic N) is 1. The SMILES string of the molecule is O=C(O)CC1CCN([C@H](CCc2ccccc2)CCC(F)(F)F)C(c2ccc(C(F)(F)F)cc2)C1. The summed E-state index contributed by atoms with van der Waals surface area (Å²) in [4.78, 5) is 13.2. The van der Waals surface area contributed by atoms with E-state index in [1.54, 1.807) is 0 Å². The van der Waals surface area contributed by atoms with Gasteiger partial charge in [0.05, 0.1) is 5.56 Å². The number of likely N-dealkylation sites (tertiary alicyclic amines) is 1. The predicted octanol–water partition coefficient (Wildman–Crippen LogP) is 7.28. The summed E-state index contributed by atoms with van der Waals surface area (Å²) in [6.45, 7) is 0.390. The van der Waals surface area contributed by atoms with Gasteiger partial charge in [0.2, 0.25) is 0 Å². The predicted molar refractivity (Wildman–Crippen MR) is 120 cm³/mol. The number of rotatable bonds is 9. The van der Waals surface area contributed by atoms with Crippen molar-refractivity contribution in [2.24, 2.45) is 5.92 Å². The van der Waals surface area contributed by atoms with Crippen molar-refractivity contribution in [1.29, 1.82) is 0 Å². The molecule has 35 heavy (non-hydrogen) atoms. The Bertz CT molecular complexity index is 943. The first-order valence-electron chi connectivity index (χ1n) is 11.7. The van der Waals surface area contributed by atoms with Crippen LogP contribution in [-0.4, -0.2) is 34.7 Å². The van der Waals surface area contributed by atoms with Gasteiger partial charge in [0, 0.05) is 24.9 Å². The summed E-state index contributed by atoms with van der Waals surface area (Å²) in [5.41, 5.74) is 0.754. The number of carbonyl (C=O) groups is 1. The Labute approximate surface area is 200 Å². The molecule has 0 saturated carbocycles. The lowest BCUT2D eigenvalue weighted by atomic mass is 9.83. The molecule has 0 aromatic heterocycles. The number of aliphatic carboxylic acids is 1. The molecule has 0 amide bonds. The van der Waals surface area contributed by atoms with Gasteiger partial charge >= 0.3 is 18.3 Å². The van der Waals surface area contributed by atoms with Crippen LogP contribution < -0.4 is 0 Å². The van der Waals surface area contributed by atoms with Crippen LogP contribution in [0.1, 0.15) is 61.3 Å². The molecule has 2 unspecified atom stereocenters. The summed E-state index contributed by atoms with van der Waals surface area (Å²) in [7, 11) is 0. The third-order valence-corrected chi connectivity index (χ3v) is 6.68. The second-order valence-electron chi connectivity index (χ2n) is 9.19. The van der Waals surface area contributed by atoms with E-state index in [1.165, 1.54) is 12.1 Å². The number of carboxylic acid groups (broad SMARTS) is 1. The lowest BCUT2D eigenvalue weighted by molar-refractivity contribution is -0.141. The number of hydrogen-bond donors (Lipinski definition) is 1. The van der Waals surface area contributed by atoms with Crippen LogP contribution in [0.4, 0.5) is 26.3 Å². The number of alkyl halides is 6. The number of carboxylic acids is 1. The molecule has 1 aliphatic rings. The third kappa shape index (κ3) is 8.26. The Morgan fingerprint density at radius 2 is 1.63 bits per heavy atom. The van der Waals surface area contributed by atoms with Gasteiger partial charge in [0.15, 0.2) is 0 Å². The highest BCUT2D eigenvalue weighted by atomic mass is 19.4. The molecule has 2 aromatic carbocycles. The van der Waals surface area contributed by atoms with Crippen molar-refractivity contribution in [1.82, 2.24) is 4.90 Å². The van der Waals surface area contributed by atoms with Crippen LogP contribution in [0, 0.1) is 5.92 Å². The van der Waals surface area contributed by atoms with E-state index in [2.05, 4.69) is 0 Å². The van der Waals surface area contributed by atoms with Crippen molar-refractivity contribution in [3.8, 4) is 0 Å². The zero-order valence-corrected chi connectivity index (χ0v) is 19.2. The Balaban J connectivity index is 1.88. The normalized spacial score (nSPS) is 20.5. The van der Waals surface area contributed by atoms with Crippen molar-refractivity contribution in [2.75, 3.05) is 6.54 Å². The molecule has 0 aliphatic carbocycles. The highest BCUT2D eigenvalue weighted by Crippen LogP contribution is 2.40. The van der Waals surface area contributed by atoms with E-state index < -0.39 is 42.4 Å². The average molecular weight is 502 g/mol. The lowest BCUT2D eigenvalue weighted by Crippen LogP contribution is -2.44. The minimum absolute atomic E-state index is 0.0811. The molecule has 1 aliphatic heterocycles. The van der Waals surface area contributed by atoms with Gasteiger partial charge in [-0.3, -0.25) is 9.69 Å². The Hall–Kier alpha value is -2.55. The molecule has 3 atom stereocenters. The fraction of sp³-hybridized carbons (Fsp3) is 0.500. The van der Waals surface area contributed by atoms with E-state index in [9.17, 15) is 36.2 Å². The maximum Gasteiger partial charge on any atom is 0.416 e. The molecule has 192 valence electrons. The van der Waals surface area contributed by atoms with Crippen molar-refractivity contribution in [3.05, 3.63) is 71.3 Å². The van der Waals surface area contributed by atoms with E-state index in [1.807, 2.05) is 35.2 Å². The summed E-state index contributed by atoms with van der Waals surface area (Å²) >= 11 is 0. The zero-order chi connectivity index (χ0) is 25.6. The maximum absolute atomic E-state index is 13.1. The van der Waals surface area contributed by atoms with Gasteiger partial charge in [-0.2, -0.15) is 26.3 Å². The first-order valence-corrected chi connectivity index (χ1v) is 11.7. The molecular formula is C26H29F6NO2. The van der Waals surface area contributed by atoms with Crippen LogP contribution in [0.25, 0.3) is 0 Å². The van der Waals surface area contributed by atoms with Crippen LogP contribution in [0.15, 0.2) is 54.6 Å². The molecule has 0 bridgehead atoms. The molecule has 9 heteroatoms. The lowest BCUT2D eigenvalue weighted by Gasteiger charge is -2.44. The van der Waals surface area contributed by atoms with Crippen molar-refractivity contribution < 1.29 is 36.2 Å². The highest BCUT2D eigenvalue weighted by Gasteiger charge is 2.37. The molecule has 0 spiro atoms. The first kappa shape index (κ1) is 27.0. The fourth-order valence-corrected chi connectivity index (χ4v) is 4.93. The van der Waals surface area contributed by atoms with Crippen LogP contribution in [0.2, 0.25) is 0 Å². The summed E-state index contributed by atoms with van der Waals surface area (Å²) in [6, 6.07) is 13.2. The third-order valence-electron chi connectivity index (χ3n) is 6.68. The van der Waals surface area contributed by atoms with Gasteiger partial charge in [-0.1, -0.05) is 42.5 Å². The molecule has 1 saturated heterocycles. The Morgan fingerprint density at radius 3 is 2.20 bits per heavy atom. The van der Waals surface area contributed by atoms with Gasteiger partial charge < -0.3 is 5.11 Å². The monoisotopic (exact) mass is 501 g/mol. The van der Waals surface area contributed by atoms with Crippen molar-refractivity contribution >= 4 is 5.97 Å². The van der Waals surface area contributed by atoms with Crippen molar-refractivity contribution in [3.63, 3.8) is 0 Å². The molecular weight excluding hydrogens is 472 g/mol. The summed E-state index contributed by atoms with van der Waals surface area (Å²) < 4.78 is 78.6. The molecule has 2 aromatic rings. The molecule has 3 nitrogen and oxygen atoms in total. The smallest absolute Gasteiger partial charge is 0.416 e. The van der Waals surface area contributed by atoms with E-state index in [4.69, 9.17) is 0 Å². The number of aryl methyl sites for hydroxylation is 1. The maximum atomic E-state index is 13.1. The number of piperidine rings is 1. The van der Waals surface area contributed by atoms with Gasteiger partial charge in [-0.15, -0.1) is 0 Å². The Morgan fingerprint density at radius 1 is 0.971 bits per heavy atom. The molecule has 1 N–H and O–H groups in total. The topological polar surface area (TPSA) is 40.5 Å². The van der Waals surface area contributed by atoms with Crippen molar-refractivity contribution in [2.45, 2.75) is 69.4 Å². The average Bonchev–Trinajstić information content (AvgIpc) is 2.78. The quantitative estimate of drug-likeness (QED) is 0.367. The minimum Gasteiger partial charge on any atom is -0.481 e. The Kier molecular flexibility index (Phi) is 8.85. The van der Waals surface area contributed by atoms with E-state index in [-0.39, 0.29) is 18.8 Å². The highest BCUT2D eigenvalue weighted by molar-refractivity contribution is 5.67. The second-order valence-corrected chi connectivity index (χ2v) is 9.19. The number of halogens is 6. The van der Waals surface area contributed by atoms with Crippen LogP contribution in [-0.2, 0) is 17.4 Å². The van der Waals surface area contributed by atoms with Gasteiger partial charge in [0.1, 0.15) is 0 Å². The van der Waals surface area contributed by atoms with Crippen LogP contribution >= 0.6 is 0 Å². The van der Waals surface area contributed by atoms with Crippen LogP contribution in [0.3, 0.4) is 0 Å². The first-order chi connectivity index (χ1) is 16.4. The van der Waals surface area contributed by atoms with Gasteiger partial charge in [-0.25, -0.2) is 0 Å². The van der Waals surface area contributed by atoms with Gasteiger partial charge in [-0.05, 0) is 67.8 Å². The van der Waals surface area contributed by atoms with E-state index >= 15 is 0 Å². The van der Waals surface area contributed by atoms with E-state index in [0.717, 1.165) is 17.7 Å². The zero-order valence-electron chi connectivity index (χ0n) is 19.2. The minimum atomic E-state index is -4.50.